The summed E-state index contributed by atoms with van der Waals surface area (Å²) in [5, 5.41) is 2.45. The molecule has 90 valence electrons. The number of nitrogens with zero attached hydrogens (tertiary/aromatic N) is 2. The smallest absolute Gasteiger partial charge is 0.129 e. The van der Waals surface area contributed by atoms with Crippen LogP contribution in [0.3, 0.4) is 0 Å². The Labute approximate surface area is 108 Å². The third-order valence-electron chi connectivity index (χ3n) is 3.67. The number of benzene rings is 1. The highest BCUT2D eigenvalue weighted by Crippen LogP contribution is 2.24. The van der Waals surface area contributed by atoms with E-state index in [1.807, 2.05) is 12.3 Å². The highest BCUT2D eigenvalue weighted by atomic mass is 15.2. The van der Waals surface area contributed by atoms with Crippen LogP contribution < -0.4 is 4.90 Å². The molecule has 2 heterocycles. The minimum absolute atomic E-state index is 0.446. The van der Waals surface area contributed by atoms with Crippen LogP contribution in [0.15, 0.2) is 36.5 Å². The summed E-state index contributed by atoms with van der Waals surface area (Å²) in [6, 6.07) is 10.5. The maximum Gasteiger partial charge on any atom is 0.129 e. The molecule has 1 fully saturated rings. The molecule has 18 heavy (non-hydrogen) atoms. The third-order valence-corrected chi connectivity index (χ3v) is 3.67. The highest BCUT2D eigenvalue weighted by molar-refractivity contribution is 5.83. The lowest BCUT2D eigenvalue weighted by molar-refractivity contribution is 0.490. The molecule has 1 saturated heterocycles. The molecule has 2 nitrogen and oxygen atoms in total. The number of hydrogen-bond acceptors (Lipinski definition) is 2. The average molecular weight is 236 g/mol. The van der Waals surface area contributed by atoms with Crippen molar-refractivity contribution in [1.29, 1.82) is 0 Å². The summed E-state index contributed by atoms with van der Waals surface area (Å²) in [5.41, 5.74) is 0. The second kappa shape index (κ2) is 4.70. The summed E-state index contributed by atoms with van der Waals surface area (Å²) in [6.07, 6.45) is 9.58. The van der Waals surface area contributed by atoms with E-state index < -0.39 is 0 Å². The van der Waals surface area contributed by atoms with Gasteiger partial charge < -0.3 is 4.90 Å². The predicted octanol–water partition coefficient (Wildman–Crippen LogP) is 3.08. The second-order valence-electron chi connectivity index (χ2n) is 4.82. The Bertz CT molecular complexity index is 589. The fourth-order valence-corrected chi connectivity index (χ4v) is 2.52. The SMILES string of the molecule is C#CC1CCN(c2cc3ccccc3cn2)CC1. The number of anilines is 1. The molecule has 1 aromatic carbocycles. The zero-order valence-corrected chi connectivity index (χ0v) is 10.3. The number of hydrogen-bond donors (Lipinski definition) is 0. The lowest BCUT2D eigenvalue weighted by Crippen LogP contribution is -2.33. The third kappa shape index (κ3) is 2.04. The van der Waals surface area contributed by atoms with Gasteiger partial charge in [-0.2, -0.15) is 0 Å². The number of terminal acetylenes is 1. The van der Waals surface area contributed by atoms with E-state index in [2.05, 4.69) is 40.1 Å². The summed E-state index contributed by atoms with van der Waals surface area (Å²) in [6.45, 7) is 2.03. The van der Waals surface area contributed by atoms with E-state index in [9.17, 15) is 0 Å². The van der Waals surface area contributed by atoms with Gasteiger partial charge in [-0.15, -0.1) is 12.3 Å². The molecule has 0 bridgehead atoms. The summed E-state index contributed by atoms with van der Waals surface area (Å²) in [4.78, 5) is 6.89. The quantitative estimate of drug-likeness (QED) is 0.707. The summed E-state index contributed by atoms with van der Waals surface area (Å²) < 4.78 is 0. The first-order chi connectivity index (χ1) is 8.86. The summed E-state index contributed by atoms with van der Waals surface area (Å²) in [5.74, 6) is 4.38. The predicted molar refractivity (Wildman–Crippen MR) is 75.5 cm³/mol. The molecule has 0 unspecified atom stereocenters. The minimum atomic E-state index is 0.446. The van der Waals surface area contributed by atoms with Crippen molar-refractivity contribution in [2.75, 3.05) is 18.0 Å². The van der Waals surface area contributed by atoms with Crippen LogP contribution in [0.2, 0.25) is 0 Å². The van der Waals surface area contributed by atoms with Crippen molar-refractivity contribution in [2.24, 2.45) is 5.92 Å². The van der Waals surface area contributed by atoms with Crippen molar-refractivity contribution in [3.8, 4) is 12.3 Å². The van der Waals surface area contributed by atoms with Crippen LogP contribution >= 0.6 is 0 Å². The largest absolute Gasteiger partial charge is 0.357 e. The van der Waals surface area contributed by atoms with E-state index in [-0.39, 0.29) is 0 Å². The molecular weight excluding hydrogens is 220 g/mol. The molecule has 0 N–H and O–H groups in total. The fraction of sp³-hybridized carbons (Fsp3) is 0.312. The van der Waals surface area contributed by atoms with Gasteiger partial charge in [-0.05, 0) is 24.3 Å². The molecular formula is C16H16N2. The molecule has 0 aliphatic carbocycles. The lowest BCUT2D eigenvalue weighted by atomic mass is 9.98. The van der Waals surface area contributed by atoms with Crippen molar-refractivity contribution in [3.63, 3.8) is 0 Å². The van der Waals surface area contributed by atoms with Gasteiger partial charge in [-0.1, -0.05) is 24.3 Å². The van der Waals surface area contributed by atoms with Crippen LogP contribution in [0, 0.1) is 18.3 Å². The molecule has 0 radical (unpaired) electrons. The lowest BCUT2D eigenvalue weighted by Gasteiger charge is -2.30. The first kappa shape index (κ1) is 11.1. The molecule has 3 rings (SSSR count). The molecule has 0 atom stereocenters. The van der Waals surface area contributed by atoms with E-state index in [1.165, 1.54) is 10.8 Å². The molecule has 0 spiro atoms. The number of piperidine rings is 1. The van der Waals surface area contributed by atoms with Gasteiger partial charge in [0.15, 0.2) is 0 Å². The second-order valence-corrected chi connectivity index (χ2v) is 4.82. The summed E-state index contributed by atoms with van der Waals surface area (Å²) >= 11 is 0. The molecule has 1 aromatic heterocycles. The Kier molecular flexibility index (Phi) is 2.90. The minimum Gasteiger partial charge on any atom is -0.357 e. The Morgan fingerprint density at radius 1 is 1.17 bits per heavy atom. The molecule has 0 saturated carbocycles. The van der Waals surface area contributed by atoms with Gasteiger partial charge >= 0.3 is 0 Å². The van der Waals surface area contributed by atoms with Gasteiger partial charge in [0.1, 0.15) is 5.82 Å². The maximum atomic E-state index is 5.48. The maximum absolute atomic E-state index is 5.48. The number of fused-ring (bicyclic) bond motifs is 1. The van der Waals surface area contributed by atoms with E-state index in [0.29, 0.717) is 5.92 Å². The Morgan fingerprint density at radius 3 is 2.61 bits per heavy atom. The van der Waals surface area contributed by atoms with Gasteiger partial charge in [0.05, 0.1) is 0 Å². The first-order valence-electron chi connectivity index (χ1n) is 6.43. The zero-order chi connectivity index (χ0) is 12.4. The van der Waals surface area contributed by atoms with Crippen molar-refractivity contribution in [2.45, 2.75) is 12.8 Å². The molecule has 2 heteroatoms. The van der Waals surface area contributed by atoms with E-state index >= 15 is 0 Å². The van der Waals surface area contributed by atoms with E-state index in [1.54, 1.807) is 0 Å². The van der Waals surface area contributed by atoms with Crippen LogP contribution in [0.1, 0.15) is 12.8 Å². The Morgan fingerprint density at radius 2 is 1.89 bits per heavy atom. The monoisotopic (exact) mass is 236 g/mol. The molecule has 1 aliphatic rings. The highest BCUT2D eigenvalue weighted by Gasteiger charge is 2.18. The first-order valence-corrected chi connectivity index (χ1v) is 6.43. The number of rotatable bonds is 1. The van der Waals surface area contributed by atoms with Crippen LogP contribution in [0.5, 0.6) is 0 Å². The molecule has 1 aliphatic heterocycles. The van der Waals surface area contributed by atoms with Crippen LogP contribution in [0.4, 0.5) is 5.82 Å². The van der Waals surface area contributed by atoms with Crippen LogP contribution in [-0.2, 0) is 0 Å². The van der Waals surface area contributed by atoms with Crippen molar-refractivity contribution >= 4 is 16.6 Å². The number of aromatic nitrogens is 1. The van der Waals surface area contributed by atoms with Gasteiger partial charge in [0, 0.05) is 30.6 Å². The van der Waals surface area contributed by atoms with E-state index in [4.69, 9.17) is 6.42 Å². The Hall–Kier alpha value is -2.01. The average Bonchev–Trinajstić information content (AvgIpc) is 2.47. The topological polar surface area (TPSA) is 16.1 Å². The van der Waals surface area contributed by atoms with E-state index in [0.717, 1.165) is 31.7 Å². The van der Waals surface area contributed by atoms with Gasteiger partial charge in [0.2, 0.25) is 0 Å². The van der Waals surface area contributed by atoms with Crippen molar-refractivity contribution in [1.82, 2.24) is 4.98 Å². The van der Waals surface area contributed by atoms with Gasteiger partial charge in [-0.3, -0.25) is 0 Å². The van der Waals surface area contributed by atoms with Crippen molar-refractivity contribution in [3.05, 3.63) is 36.5 Å². The summed E-state index contributed by atoms with van der Waals surface area (Å²) in [7, 11) is 0. The normalized spacial score (nSPS) is 16.7. The Balaban J connectivity index is 1.85. The van der Waals surface area contributed by atoms with Crippen LogP contribution in [0.25, 0.3) is 10.8 Å². The van der Waals surface area contributed by atoms with Crippen LogP contribution in [-0.4, -0.2) is 18.1 Å². The standard InChI is InChI=1S/C16H16N2/c1-2-13-7-9-18(10-8-13)16-11-14-5-3-4-6-15(14)12-17-16/h1,3-6,11-13H,7-10H2. The number of pyridine rings is 1. The molecule has 0 amide bonds. The molecule has 2 aromatic rings. The zero-order valence-electron chi connectivity index (χ0n) is 10.3. The fourth-order valence-electron chi connectivity index (χ4n) is 2.52. The van der Waals surface area contributed by atoms with Gasteiger partial charge in [-0.25, -0.2) is 4.98 Å². The van der Waals surface area contributed by atoms with Crippen molar-refractivity contribution < 1.29 is 0 Å². The van der Waals surface area contributed by atoms with Gasteiger partial charge in [0.25, 0.3) is 0 Å².